The summed E-state index contributed by atoms with van der Waals surface area (Å²) in [7, 11) is 0. The zero-order valence-corrected chi connectivity index (χ0v) is 24.2. The summed E-state index contributed by atoms with van der Waals surface area (Å²) in [4.78, 5) is 28.7. The molecule has 0 aliphatic heterocycles. The Morgan fingerprint density at radius 2 is 1.08 bits per heavy atom. The minimum absolute atomic E-state index is 0.293. The van der Waals surface area contributed by atoms with E-state index in [0.717, 1.165) is 25.7 Å². The Kier molecular flexibility index (Phi) is 20.6. The number of unbranched alkanes of at least 4 members (excludes halogenated alkanes) is 11. The summed E-state index contributed by atoms with van der Waals surface area (Å²) in [5.41, 5.74) is 1.94. The van der Waals surface area contributed by atoms with Crippen LogP contribution in [-0.2, 0) is 15.9 Å². The lowest BCUT2D eigenvalue weighted by atomic mass is 10.1. The van der Waals surface area contributed by atoms with E-state index in [0.29, 0.717) is 24.3 Å². The van der Waals surface area contributed by atoms with Gasteiger partial charge < -0.3 is 9.47 Å². The van der Waals surface area contributed by atoms with Crippen molar-refractivity contribution in [3.8, 4) is 0 Å². The van der Waals surface area contributed by atoms with Crippen LogP contribution in [0.1, 0.15) is 137 Å². The number of benzene rings is 1. The SMILES string of the molecule is CCCCCCCCOC(=O)c1ccccc1C(=O)OCCCCCCCC.CCCCc1cccnc1. The number of aromatic nitrogens is 1. The van der Waals surface area contributed by atoms with E-state index >= 15 is 0 Å². The number of hydrogen-bond acceptors (Lipinski definition) is 5. The summed E-state index contributed by atoms with van der Waals surface area (Å²) in [5.74, 6) is -0.888. The fourth-order valence-electron chi connectivity index (χ4n) is 4.02. The van der Waals surface area contributed by atoms with Crippen LogP contribution in [0, 0.1) is 0 Å². The van der Waals surface area contributed by atoms with E-state index in [1.54, 1.807) is 24.3 Å². The molecule has 0 saturated heterocycles. The number of pyridine rings is 1. The third-order valence-electron chi connectivity index (χ3n) is 6.37. The van der Waals surface area contributed by atoms with Crippen molar-refractivity contribution in [3.05, 3.63) is 65.5 Å². The third kappa shape index (κ3) is 16.2. The van der Waals surface area contributed by atoms with Crippen molar-refractivity contribution < 1.29 is 19.1 Å². The van der Waals surface area contributed by atoms with Crippen LogP contribution in [0.25, 0.3) is 0 Å². The zero-order valence-electron chi connectivity index (χ0n) is 24.2. The molecule has 1 heterocycles. The van der Waals surface area contributed by atoms with Gasteiger partial charge in [0.15, 0.2) is 0 Å². The maximum absolute atomic E-state index is 12.4. The topological polar surface area (TPSA) is 65.5 Å². The summed E-state index contributed by atoms with van der Waals surface area (Å²) in [6.45, 7) is 7.38. The first kappa shape index (κ1) is 33.3. The van der Waals surface area contributed by atoms with Gasteiger partial charge in [-0.15, -0.1) is 0 Å². The normalized spacial score (nSPS) is 10.4. The molecule has 1 aromatic carbocycles. The maximum Gasteiger partial charge on any atom is 0.339 e. The Bertz CT molecular complexity index is 804. The van der Waals surface area contributed by atoms with Gasteiger partial charge in [-0.25, -0.2) is 9.59 Å². The van der Waals surface area contributed by atoms with Crippen LogP contribution in [-0.4, -0.2) is 30.1 Å². The second kappa shape index (κ2) is 23.4. The summed E-state index contributed by atoms with van der Waals surface area (Å²) < 4.78 is 10.7. The fraction of sp³-hybridized carbons (Fsp3) is 0.606. The first-order chi connectivity index (χ1) is 18.6. The molecule has 0 fully saturated rings. The molecule has 0 atom stereocenters. The molecule has 2 rings (SSSR count). The molecule has 0 spiro atoms. The van der Waals surface area contributed by atoms with Crippen molar-refractivity contribution in [3.63, 3.8) is 0 Å². The number of nitrogens with zero attached hydrogens (tertiary/aromatic N) is 1. The second-order valence-electron chi connectivity index (χ2n) is 9.82. The molecule has 212 valence electrons. The van der Waals surface area contributed by atoms with Gasteiger partial charge in [0.1, 0.15) is 0 Å². The van der Waals surface area contributed by atoms with Gasteiger partial charge in [0.2, 0.25) is 0 Å². The van der Waals surface area contributed by atoms with Crippen LogP contribution in [0.5, 0.6) is 0 Å². The first-order valence-electron chi connectivity index (χ1n) is 15.0. The van der Waals surface area contributed by atoms with Gasteiger partial charge in [0, 0.05) is 12.4 Å². The average Bonchev–Trinajstić information content (AvgIpc) is 2.95. The Balaban J connectivity index is 0.000000600. The summed E-state index contributed by atoms with van der Waals surface area (Å²) >= 11 is 0. The molecule has 0 aliphatic rings. The van der Waals surface area contributed by atoms with Crippen LogP contribution in [0.15, 0.2) is 48.8 Å². The lowest BCUT2D eigenvalue weighted by Crippen LogP contribution is -2.15. The molecule has 0 N–H and O–H groups in total. The van der Waals surface area contributed by atoms with Crippen molar-refractivity contribution >= 4 is 11.9 Å². The van der Waals surface area contributed by atoms with Gasteiger partial charge >= 0.3 is 11.9 Å². The Morgan fingerprint density at radius 3 is 1.53 bits per heavy atom. The third-order valence-corrected chi connectivity index (χ3v) is 6.37. The first-order valence-corrected chi connectivity index (χ1v) is 15.0. The van der Waals surface area contributed by atoms with Crippen molar-refractivity contribution in [2.75, 3.05) is 13.2 Å². The highest BCUT2D eigenvalue weighted by atomic mass is 16.5. The van der Waals surface area contributed by atoms with E-state index in [4.69, 9.17) is 9.47 Å². The van der Waals surface area contributed by atoms with Gasteiger partial charge in [0.25, 0.3) is 0 Å². The largest absolute Gasteiger partial charge is 0.462 e. The molecule has 5 heteroatoms. The molecule has 0 unspecified atom stereocenters. The van der Waals surface area contributed by atoms with E-state index < -0.39 is 11.9 Å². The van der Waals surface area contributed by atoms with Gasteiger partial charge in [-0.2, -0.15) is 0 Å². The molecule has 0 aliphatic carbocycles. The van der Waals surface area contributed by atoms with Gasteiger partial charge in [-0.3, -0.25) is 4.98 Å². The predicted molar refractivity (Wildman–Crippen MR) is 157 cm³/mol. The minimum atomic E-state index is -0.444. The summed E-state index contributed by atoms with van der Waals surface area (Å²) in [6, 6.07) is 10.9. The molecule has 1 aromatic heterocycles. The Morgan fingerprint density at radius 1 is 0.605 bits per heavy atom. The van der Waals surface area contributed by atoms with Crippen molar-refractivity contribution in [1.82, 2.24) is 4.98 Å². The predicted octanol–water partition coefficient (Wildman–Crippen LogP) is 9.15. The lowest BCUT2D eigenvalue weighted by Gasteiger charge is -2.10. The average molecular weight is 526 g/mol. The zero-order chi connectivity index (χ0) is 27.7. The standard InChI is InChI=1S/C24H38O4.C9H13N/c1-3-5-7-9-11-15-19-27-23(25)21-17-13-14-18-22(21)24(26)28-20-16-12-10-8-6-4-2;1-2-3-5-9-6-4-7-10-8-9/h13-14,17-18H,3-12,15-16,19-20H2,1-2H3;4,6-8H,2-3,5H2,1H3. The van der Waals surface area contributed by atoms with E-state index in [2.05, 4.69) is 31.8 Å². The van der Waals surface area contributed by atoms with Gasteiger partial charge in [-0.05, 0) is 49.4 Å². The molecular formula is C33H51NO4. The molecule has 5 nitrogen and oxygen atoms in total. The molecule has 38 heavy (non-hydrogen) atoms. The Labute approximate surface area is 231 Å². The molecule has 0 amide bonds. The van der Waals surface area contributed by atoms with Crippen molar-refractivity contribution in [2.45, 2.75) is 117 Å². The smallest absolute Gasteiger partial charge is 0.339 e. The molecule has 0 saturated carbocycles. The number of rotatable bonds is 19. The van der Waals surface area contributed by atoms with Crippen LogP contribution in [0.3, 0.4) is 0 Å². The molecule has 0 radical (unpaired) electrons. The maximum atomic E-state index is 12.4. The van der Waals surface area contributed by atoms with E-state index in [1.807, 2.05) is 18.5 Å². The monoisotopic (exact) mass is 525 g/mol. The number of esters is 2. The van der Waals surface area contributed by atoms with Crippen LogP contribution in [0.2, 0.25) is 0 Å². The van der Waals surface area contributed by atoms with Crippen molar-refractivity contribution in [1.29, 1.82) is 0 Å². The van der Waals surface area contributed by atoms with E-state index in [1.165, 1.54) is 76.2 Å². The summed E-state index contributed by atoms with van der Waals surface area (Å²) in [5, 5.41) is 0. The van der Waals surface area contributed by atoms with Crippen LogP contribution in [0.4, 0.5) is 0 Å². The number of carbonyl (C=O) groups excluding carboxylic acids is 2. The second-order valence-corrected chi connectivity index (χ2v) is 9.82. The number of aryl methyl sites for hydroxylation is 1. The number of carbonyl (C=O) groups is 2. The Hall–Kier alpha value is -2.69. The minimum Gasteiger partial charge on any atom is -0.462 e. The number of hydrogen-bond donors (Lipinski definition) is 0. The van der Waals surface area contributed by atoms with Gasteiger partial charge in [-0.1, -0.05) is 110 Å². The summed E-state index contributed by atoms with van der Waals surface area (Å²) in [6.07, 6.45) is 21.1. The highest BCUT2D eigenvalue weighted by Crippen LogP contribution is 2.14. The molecule has 0 bridgehead atoms. The number of ether oxygens (including phenoxy) is 2. The highest BCUT2D eigenvalue weighted by molar-refractivity contribution is 6.03. The lowest BCUT2D eigenvalue weighted by molar-refractivity contribution is 0.0450. The van der Waals surface area contributed by atoms with Crippen molar-refractivity contribution in [2.24, 2.45) is 0 Å². The van der Waals surface area contributed by atoms with Crippen LogP contribution < -0.4 is 0 Å². The fourth-order valence-corrected chi connectivity index (χ4v) is 4.02. The quantitative estimate of drug-likeness (QED) is 0.135. The van der Waals surface area contributed by atoms with E-state index in [-0.39, 0.29) is 0 Å². The molecule has 2 aromatic rings. The van der Waals surface area contributed by atoms with E-state index in [9.17, 15) is 9.59 Å². The van der Waals surface area contributed by atoms with Crippen LogP contribution >= 0.6 is 0 Å². The highest BCUT2D eigenvalue weighted by Gasteiger charge is 2.18. The van der Waals surface area contributed by atoms with Gasteiger partial charge in [0.05, 0.1) is 24.3 Å². The molecular weight excluding hydrogens is 474 g/mol.